The number of nitrogens with one attached hydrogen (secondary N) is 1. The van der Waals surface area contributed by atoms with Gasteiger partial charge >= 0.3 is 5.97 Å². The first-order chi connectivity index (χ1) is 7.63. The third kappa shape index (κ3) is 1.71. The first-order valence-corrected chi connectivity index (χ1v) is 5.28. The Morgan fingerprint density at radius 1 is 1.62 bits per heavy atom. The molecule has 1 aromatic rings. The molecule has 1 aliphatic rings. The van der Waals surface area contributed by atoms with Crippen molar-refractivity contribution < 1.29 is 14.6 Å². The van der Waals surface area contributed by atoms with Crippen LogP contribution in [0.25, 0.3) is 0 Å². The molecule has 86 valence electrons. The zero-order valence-corrected chi connectivity index (χ0v) is 9.36. The van der Waals surface area contributed by atoms with Crippen molar-refractivity contribution in [3.63, 3.8) is 0 Å². The summed E-state index contributed by atoms with van der Waals surface area (Å²) in [5.74, 6) is -0.355. The number of benzene rings is 1. The fourth-order valence-corrected chi connectivity index (χ4v) is 2.05. The van der Waals surface area contributed by atoms with E-state index in [2.05, 4.69) is 5.32 Å². The lowest BCUT2D eigenvalue weighted by atomic mass is 9.98. The Morgan fingerprint density at radius 2 is 2.38 bits per heavy atom. The van der Waals surface area contributed by atoms with Crippen molar-refractivity contribution in [1.82, 2.24) is 0 Å². The molecule has 2 rings (SSSR count). The molecular weight excluding hydrogens is 206 g/mol. The van der Waals surface area contributed by atoms with Crippen LogP contribution in [0.3, 0.4) is 0 Å². The largest absolute Gasteiger partial charge is 0.496 e. The first kappa shape index (κ1) is 10.8. The van der Waals surface area contributed by atoms with E-state index < -0.39 is 11.9 Å². The summed E-state index contributed by atoms with van der Waals surface area (Å²) < 4.78 is 5.26. The normalized spacial score (nSPS) is 19.8. The Labute approximate surface area is 94.2 Å². The van der Waals surface area contributed by atoms with Gasteiger partial charge in [0, 0.05) is 17.3 Å². The number of ether oxygens (including phenoxy) is 1. The van der Waals surface area contributed by atoms with E-state index >= 15 is 0 Å². The molecule has 16 heavy (non-hydrogen) atoms. The minimum Gasteiger partial charge on any atom is -0.496 e. The molecule has 2 unspecified atom stereocenters. The Hall–Kier alpha value is -1.71. The first-order valence-electron chi connectivity index (χ1n) is 5.28. The Kier molecular flexibility index (Phi) is 2.73. The predicted octanol–water partition coefficient (Wildman–Crippen LogP) is 1.75. The molecule has 2 N–H and O–H groups in total. The molecule has 0 bridgehead atoms. The molecule has 2 atom stereocenters. The van der Waals surface area contributed by atoms with Gasteiger partial charge in [-0.05, 0) is 25.5 Å². The standard InChI is InChI=1S/C12H15NO3/c1-7(12(14)15)10-6-8-9(13-10)4-3-5-11(8)16-2/h3-5,7,10,13H,6H2,1-2H3,(H,14,15). The summed E-state index contributed by atoms with van der Waals surface area (Å²) in [6, 6.07) is 5.70. The van der Waals surface area contributed by atoms with E-state index in [1.54, 1.807) is 14.0 Å². The predicted molar refractivity (Wildman–Crippen MR) is 60.9 cm³/mol. The molecule has 1 heterocycles. The van der Waals surface area contributed by atoms with Crippen LogP contribution >= 0.6 is 0 Å². The summed E-state index contributed by atoms with van der Waals surface area (Å²) >= 11 is 0. The zero-order chi connectivity index (χ0) is 11.7. The van der Waals surface area contributed by atoms with Crippen molar-refractivity contribution in [2.75, 3.05) is 12.4 Å². The van der Waals surface area contributed by atoms with Crippen molar-refractivity contribution in [3.8, 4) is 5.75 Å². The van der Waals surface area contributed by atoms with Gasteiger partial charge in [-0.2, -0.15) is 0 Å². The summed E-state index contributed by atoms with van der Waals surface area (Å²) in [6.07, 6.45) is 0.701. The van der Waals surface area contributed by atoms with E-state index in [1.165, 1.54) is 0 Å². The molecule has 0 spiro atoms. The van der Waals surface area contributed by atoms with Crippen LogP contribution in [0.15, 0.2) is 18.2 Å². The third-order valence-corrected chi connectivity index (χ3v) is 3.11. The second-order valence-electron chi connectivity index (χ2n) is 4.07. The monoisotopic (exact) mass is 221 g/mol. The van der Waals surface area contributed by atoms with Gasteiger partial charge in [0.15, 0.2) is 0 Å². The molecule has 0 radical (unpaired) electrons. The molecule has 0 saturated heterocycles. The van der Waals surface area contributed by atoms with Crippen LogP contribution < -0.4 is 10.1 Å². The van der Waals surface area contributed by atoms with Crippen LogP contribution in [-0.2, 0) is 11.2 Å². The molecule has 0 aliphatic carbocycles. The summed E-state index contributed by atoms with van der Waals surface area (Å²) in [6.45, 7) is 1.72. The summed E-state index contributed by atoms with van der Waals surface area (Å²) in [5, 5.41) is 12.2. The van der Waals surface area contributed by atoms with Crippen LogP contribution in [0.4, 0.5) is 5.69 Å². The number of methoxy groups -OCH3 is 1. The number of rotatable bonds is 3. The molecule has 4 heteroatoms. The number of aliphatic carboxylic acids is 1. The molecule has 0 aromatic heterocycles. The molecule has 0 fully saturated rings. The molecule has 1 aromatic carbocycles. The Morgan fingerprint density at radius 3 is 3.00 bits per heavy atom. The van der Waals surface area contributed by atoms with E-state index in [1.807, 2.05) is 18.2 Å². The molecular formula is C12H15NO3. The van der Waals surface area contributed by atoms with E-state index in [0.717, 1.165) is 17.0 Å². The third-order valence-electron chi connectivity index (χ3n) is 3.11. The minimum atomic E-state index is -0.774. The maximum Gasteiger partial charge on any atom is 0.308 e. The molecule has 0 amide bonds. The summed E-state index contributed by atoms with van der Waals surface area (Å²) in [5.41, 5.74) is 2.06. The number of hydrogen-bond donors (Lipinski definition) is 2. The fraction of sp³-hybridized carbons (Fsp3) is 0.417. The van der Waals surface area contributed by atoms with Crippen molar-refractivity contribution >= 4 is 11.7 Å². The van der Waals surface area contributed by atoms with Crippen LogP contribution in [0.1, 0.15) is 12.5 Å². The van der Waals surface area contributed by atoms with E-state index in [-0.39, 0.29) is 6.04 Å². The SMILES string of the molecule is COc1cccc2c1CC(C(C)C(=O)O)N2. The highest BCUT2D eigenvalue weighted by Gasteiger charge is 2.31. The van der Waals surface area contributed by atoms with Crippen molar-refractivity contribution in [2.24, 2.45) is 5.92 Å². The maximum absolute atomic E-state index is 10.9. The summed E-state index contributed by atoms with van der Waals surface area (Å²) in [4.78, 5) is 10.9. The Bertz CT molecular complexity index is 417. The van der Waals surface area contributed by atoms with E-state index in [4.69, 9.17) is 9.84 Å². The van der Waals surface area contributed by atoms with Gasteiger partial charge in [-0.3, -0.25) is 4.79 Å². The van der Waals surface area contributed by atoms with Crippen LogP contribution in [0.5, 0.6) is 5.75 Å². The lowest BCUT2D eigenvalue weighted by Gasteiger charge is -2.15. The number of fused-ring (bicyclic) bond motifs is 1. The smallest absolute Gasteiger partial charge is 0.308 e. The molecule has 1 aliphatic heterocycles. The quantitative estimate of drug-likeness (QED) is 0.816. The molecule has 0 saturated carbocycles. The number of hydrogen-bond acceptors (Lipinski definition) is 3. The number of carbonyl (C=O) groups is 1. The maximum atomic E-state index is 10.9. The second-order valence-corrected chi connectivity index (χ2v) is 4.07. The lowest BCUT2D eigenvalue weighted by Crippen LogP contribution is -2.30. The zero-order valence-electron chi connectivity index (χ0n) is 9.36. The van der Waals surface area contributed by atoms with E-state index in [0.29, 0.717) is 6.42 Å². The van der Waals surface area contributed by atoms with Crippen LogP contribution in [-0.4, -0.2) is 24.2 Å². The average molecular weight is 221 g/mol. The van der Waals surface area contributed by atoms with Gasteiger partial charge in [0.05, 0.1) is 13.0 Å². The molecule has 4 nitrogen and oxygen atoms in total. The van der Waals surface area contributed by atoms with Gasteiger partial charge in [0.1, 0.15) is 5.75 Å². The number of carboxylic acid groups (broad SMARTS) is 1. The van der Waals surface area contributed by atoms with Gasteiger partial charge in [-0.15, -0.1) is 0 Å². The topological polar surface area (TPSA) is 58.6 Å². The van der Waals surface area contributed by atoms with Crippen molar-refractivity contribution in [2.45, 2.75) is 19.4 Å². The van der Waals surface area contributed by atoms with Gasteiger partial charge in [-0.1, -0.05) is 6.07 Å². The van der Waals surface area contributed by atoms with Gasteiger partial charge < -0.3 is 15.2 Å². The van der Waals surface area contributed by atoms with Crippen molar-refractivity contribution in [1.29, 1.82) is 0 Å². The second kappa shape index (κ2) is 4.04. The minimum absolute atomic E-state index is 0.0520. The van der Waals surface area contributed by atoms with Gasteiger partial charge in [-0.25, -0.2) is 0 Å². The van der Waals surface area contributed by atoms with Crippen LogP contribution in [0, 0.1) is 5.92 Å². The highest BCUT2D eigenvalue weighted by atomic mass is 16.5. The van der Waals surface area contributed by atoms with Crippen molar-refractivity contribution in [3.05, 3.63) is 23.8 Å². The number of carboxylic acids is 1. The lowest BCUT2D eigenvalue weighted by molar-refractivity contribution is -0.141. The Balaban J connectivity index is 2.24. The van der Waals surface area contributed by atoms with Crippen LogP contribution in [0.2, 0.25) is 0 Å². The highest BCUT2D eigenvalue weighted by Crippen LogP contribution is 2.35. The number of anilines is 1. The average Bonchev–Trinajstić information content (AvgIpc) is 2.70. The van der Waals surface area contributed by atoms with E-state index in [9.17, 15) is 4.79 Å². The highest BCUT2D eigenvalue weighted by molar-refractivity contribution is 5.73. The fourth-order valence-electron chi connectivity index (χ4n) is 2.05. The van der Waals surface area contributed by atoms with Gasteiger partial charge in [0.25, 0.3) is 0 Å². The van der Waals surface area contributed by atoms with Gasteiger partial charge in [0.2, 0.25) is 0 Å². The summed E-state index contributed by atoms with van der Waals surface area (Å²) in [7, 11) is 1.63.